The van der Waals surface area contributed by atoms with E-state index in [4.69, 9.17) is 14.2 Å². The third-order valence-electron chi connectivity index (χ3n) is 4.18. The van der Waals surface area contributed by atoms with Gasteiger partial charge in [0.2, 0.25) is 0 Å². The molecule has 2 rings (SSSR count). The maximum absolute atomic E-state index is 12.3. The fourth-order valence-electron chi connectivity index (χ4n) is 2.89. The summed E-state index contributed by atoms with van der Waals surface area (Å²) in [5.41, 5.74) is -0.731. The quantitative estimate of drug-likeness (QED) is 0.386. The Morgan fingerprint density at radius 1 is 1.13 bits per heavy atom. The summed E-state index contributed by atoms with van der Waals surface area (Å²) in [5, 5.41) is 24.3. The van der Waals surface area contributed by atoms with Gasteiger partial charge >= 0.3 is 12.3 Å². The first kappa shape index (κ1) is 23.7. The average molecular weight is 436 g/mol. The summed E-state index contributed by atoms with van der Waals surface area (Å²) in [6.07, 6.45) is -2.19. The fourth-order valence-corrected chi connectivity index (χ4v) is 2.89. The molecule has 31 heavy (non-hydrogen) atoms. The normalized spacial score (nSPS) is 16.4. The van der Waals surface area contributed by atoms with E-state index in [-0.39, 0.29) is 29.4 Å². The first-order valence-electron chi connectivity index (χ1n) is 9.19. The lowest BCUT2D eigenvalue weighted by molar-refractivity contribution is -0.385. The zero-order valence-corrected chi connectivity index (χ0v) is 17.8. The zero-order valence-electron chi connectivity index (χ0n) is 17.8. The van der Waals surface area contributed by atoms with Crippen LogP contribution in [0.5, 0.6) is 0 Å². The minimum atomic E-state index is -1.29. The third kappa shape index (κ3) is 5.95. The molecule has 0 saturated heterocycles. The molecule has 168 valence electrons. The van der Waals surface area contributed by atoms with Gasteiger partial charge in [0, 0.05) is 11.6 Å². The molecular weight excluding hydrogens is 412 g/mol. The molecule has 0 fully saturated rings. The van der Waals surface area contributed by atoms with Crippen molar-refractivity contribution in [1.29, 1.82) is 0 Å². The molecule has 1 aliphatic heterocycles. The summed E-state index contributed by atoms with van der Waals surface area (Å²) >= 11 is 0. The number of hydrogen-bond donors (Lipinski definition) is 2. The molecule has 1 atom stereocenters. The summed E-state index contributed by atoms with van der Waals surface area (Å²) in [7, 11) is 1.11. The lowest BCUT2D eigenvalue weighted by Gasteiger charge is -2.30. The molecular formula is C20H24N2O9. The highest BCUT2D eigenvalue weighted by Crippen LogP contribution is 2.42. The van der Waals surface area contributed by atoms with E-state index >= 15 is 0 Å². The van der Waals surface area contributed by atoms with Crippen LogP contribution in [0, 0.1) is 10.1 Å². The van der Waals surface area contributed by atoms with E-state index in [1.54, 1.807) is 19.9 Å². The number of carbonyl (C=O) groups excluding carboxylic acids is 2. The predicted octanol–water partition coefficient (Wildman–Crippen LogP) is 3.45. The van der Waals surface area contributed by atoms with Crippen molar-refractivity contribution in [2.75, 3.05) is 13.7 Å². The van der Waals surface area contributed by atoms with Crippen LogP contribution in [0.4, 0.5) is 15.3 Å². The number of carbonyl (C=O) groups is 2. The van der Waals surface area contributed by atoms with Crippen molar-refractivity contribution in [3.8, 4) is 0 Å². The Bertz CT molecular complexity index is 944. The van der Waals surface area contributed by atoms with Crippen LogP contribution in [0.2, 0.25) is 0 Å². The van der Waals surface area contributed by atoms with Crippen molar-refractivity contribution >= 4 is 18.0 Å². The molecule has 2 N–H and O–H groups in total. The summed E-state index contributed by atoms with van der Waals surface area (Å²) in [5.74, 6) is -1.24. The topological polar surface area (TPSA) is 146 Å². The van der Waals surface area contributed by atoms with Crippen molar-refractivity contribution in [2.24, 2.45) is 0 Å². The number of aliphatic hydroxyl groups is 1. The van der Waals surface area contributed by atoms with Gasteiger partial charge in [-0.3, -0.25) is 10.1 Å². The van der Waals surface area contributed by atoms with Crippen molar-refractivity contribution in [1.82, 2.24) is 5.32 Å². The van der Waals surface area contributed by atoms with Gasteiger partial charge in [-0.05, 0) is 27.7 Å². The summed E-state index contributed by atoms with van der Waals surface area (Å²) in [6, 6.07) is 5.78. The molecule has 0 aliphatic carbocycles. The Hall–Kier alpha value is -3.60. The molecule has 0 aromatic heterocycles. The summed E-state index contributed by atoms with van der Waals surface area (Å²) < 4.78 is 20.1. The molecule has 1 heterocycles. The molecule has 0 radical (unpaired) electrons. The first-order chi connectivity index (χ1) is 14.4. The van der Waals surface area contributed by atoms with Crippen molar-refractivity contribution < 1.29 is 38.6 Å². The number of allylic oxidation sites excluding steroid dienone is 2. The van der Waals surface area contributed by atoms with E-state index in [1.807, 2.05) is 0 Å². The van der Waals surface area contributed by atoms with E-state index in [9.17, 15) is 24.8 Å². The van der Waals surface area contributed by atoms with Gasteiger partial charge in [0.1, 0.15) is 24.0 Å². The van der Waals surface area contributed by atoms with E-state index in [2.05, 4.69) is 10.1 Å². The maximum Gasteiger partial charge on any atom is 0.513 e. The Morgan fingerprint density at radius 3 is 2.19 bits per heavy atom. The van der Waals surface area contributed by atoms with Crippen LogP contribution in [-0.2, 0) is 18.9 Å². The average Bonchev–Trinajstić information content (AvgIpc) is 2.69. The van der Waals surface area contributed by atoms with E-state index in [0.29, 0.717) is 11.4 Å². The number of nitrogens with one attached hydrogen (secondary N) is 1. The van der Waals surface area contributed by atoms with E-state index in [1.165, 1.54) is 32.0 Å². The second kappa shape index (κ2) is 9.47. The number of methoxy groups -OCH3 is 1. The van der Waals surface area contributed by atoms with E-state index in [0.717, 1.165) is 7.11 Å². The van der Waals surface area contributed by atoms with Gasteiger partial charge in [-0.25, -0.2) is 9.59 Å². The fraction of sp³-hybridized carbons (Fsp3) is 0.400. The molecule has 11 nitrogen and oxygen atoms in total. The second-order valence-corrected chi connectivity index (χ2v) is 7.36. The highest BCUT2D eigenvalue weighted by Gasteiger charge is 2.39. The molecule has 0 spiro atoms. The van der Waals surface area contributed by atoms with Crippen LogP contribution in [0.15, 0.2) is 47.2 Å². The molecule has 1 aromatic carbocycles. The van der Waals surface area contributed by atoms with Gasteiger partial charge in [0.05, 0.1) is 29.0 Å². The number of hydrogen-bond acceptors (Lipinski definition) is 10. The lowest BCUT2D eigenvalue weighted by atomic mass is 9.89. The number of rotatable bonds is 6. The zero-order chi connectivity index (χ0) is 23.3. The third-order valence-corrected chi connectivity index (χ3v) is 4.18. The van der Waals surface area contributed by atoms with Crippen LogP contribution in [-0.4, -0.2) is 41.7 Å². The number of nitro groups is 1. The van der Waals surface area contributed by atoms with Gasteiger partial charge < -0.3 is 29.4 Å². The lowest BCUT2D eigenvalue weighted by Crippen LogP contribution is -2.31. The highest BCUT2D eigenvalue weighted by atomic mass is 16.7. The monoisotopic (exact) mass is 436 g/mol. The minimum Gasteiger partial charge on any atom is -0.437 e. The SMILES string of the molecule is COC(=O)OC1=C(C)NC(C)=C(OC(=O)OCC(C)(C)O)C1c1ccccc1[N+](=O)[O-]. The molecule has 0 amide bonds. The Labute approximate surface area is 178 Å². The largest absolute Gasteiger partial charge is 0.513 e. The van der Waals surface area contributed by atoms with Crippen LogP contribution < -0.4 is 5.32 Å². The molecule has 11 heteroatoms. The number of nitrogens with zero attached hydrogens (tertiary/aromatic N) is 1. The molecule has 0 bridgehead atoms. The number of nitro benzene ring substituents is 1. The maximum atomic E-state index is 12.3. The molecule has 0 saturated carbocycles. The van der Waals surface area contributed by atoms with Crippen LogP contribution >= 0.6 is 0 Å². The molecule has 1 unspecified atom stereocenters. The number of dihydropyridines is 1. The highest BCUT2D eigenvalue weighted by molar-refractivity contribution is 5.66. The Morgan fingerprint density at radius 2 is 1.68 bits per heavy atom. The first-order valence-corrected chi connectivity index (χ1v) is 9.19. The van der Waals surface area contributed by atoms with Crippen LogP contribution in [0.25, 0.3) is 0 Å². The Kier molecular flexibility index (Phi) is 7.24. The van der Waals surface area contributed by atoms with Gasteiger partial charge in [-0.2, -0.15) is 0 Å². The summed E-state index contributed by atoms with van der Waals surface area (Å²) in [4.78, 5) is 35.1. The second-order valence-electron chi connectivity index (χ2n) is 7.36. The van der Waals surface area contributed by atoms with Gasteiger partial charge in [-0.15, -0.1) is 0 Å². The van der Waals surface area contributed by atoms with Gasteiger partial charge in [0.15, 0.2) is 0 Å². The van der Waals surface area contributed by atoms with Crippen LogP contribution in [0.1, 0.15) is 39.2 Å². The smallest absolute Gasteiger partial charge is 0.437 e. The van der Waals surface area contributed by atoms with Crippen molar-refractivity contribution in [3.05, 3.63) is 62.9 Å². The number of para-hydroxylation sites is 1. The molecule has 1 aliphatic rings. The standard InChI is InChI=1S/C20H24N2O9/c1-11-16(30-18(23)28-5)15(13-8-6-7-9-14(13)22(26)27)17(12(2)21-11)31-19(24)29-10-20(3,4)25/h6-9,15,21,25H,10H2,1-5H3. The Balaban J connectivity index is 2.54. The molecule has 1 aromatic rings. The minimum absolute atomic E-state index is 0.0444. The van der Waals surface area contributed by atoms with Crippen LogP contribution in [0.3, 0.4) is 0 Å². The number of benzene rings is 1. The van der Waals surface area contributed by atoms with Gasteiger partial charge in [-0.1, -0.05) is 18.2 Å². The number of ether oxygens (including phenoxy) is 4. The van der Waals surface area contributed by atoms with Gasteiger partial charge in [0.25, 0.3) is 5.69 Å². The predicted molar refractivity (Wildman–Crippen MR) is 107 cm³/mol. The summed E-state index contributed by atoms with van der Waals surface area (Å²) in [6.45, 7) is 5.71. The van der Waals surface area contributed by atoms with E-state index < -0.39 is 28.8 Å². The van der Waals surface area contributed by atoms with Crippen molar-refractivity contribution in [3.63, 3.8) is 0 Å². The van der Waals surface area contributed by atoms with Crippen molar-refractivity contribution in [2.45, 2.75) is 39.2 Å².